The summed E-state index contributed by atoms with van der Waals surface area (Å²) in [6.07, 6.45) is 1.27. The van der Waals surface area contributed by atoms with E-state index >= 15 is 0 Å². The van der Waals surface area contributed by atoms with Gasteiger partial charge in [-0.15, -0.1) is 0 Å². The highest BCUT2D eigenvalue weighted by atomic mass is 35.5. The summed E-state index contributed by atoms with van der Waals surface area (Å²) in [4.78, 5) is 13.8. The molecule has 0 bridgehead atoms. The minimum atomic E-state index is -0.707. The van der Waals surface area contributed by atoms with E-state index in [9.17, 15) is 9.90 Å². The molecule has 6 heteroatoms. The Bertz CT molecular complexity index is 1080. The summed E-state index contributed by atoms with van der Waals surface area (Å²) >= 11 is 6.16. The van der Waals surface area contributed by atoms with Gasteiger partial charge in [0.25, 0.3) is 0 Å². The smallest absolute Gasteiger partial charge is 0.306 e. The normalized spacial score (nSPS) is 15.6. The molecule has 3 aromatic carbocycles. The number of halogens is 1. The summed E-state index contributed by atoms with van der Waals surface area (Å²) in [6, 6.07) is 24.0. The third kappa shape index (κ3) is 5.91. The largest absolute Gasteiger partial charge is 0.490 e. The Kier molecular flexibility index (Phi) is 8.09. The molecular formula is C28H30ClNO4. The minimum Gasteiger partial charge on any atom is -0.490 e. The maximum Gasteiger partial charge on any atom is 0.306 e. The summed E-state index contributed by atoms with van der Waals surface area (Å²) in [5.74, 6) is 0.417. The van der Waals surface area contributed by atoms with Crippen LogP contribution in [-0.2, 0) is 11.4 Å². The van der Waals surface area contributed by atoms with Crippen molar-refractivity contribution >= 4 is 17.6 Å². The summed E-state index contributed by atoms with van der Waals surface area (Å²) < 4.78 is 12.1. The van der Waals surface area contributed by atoms with Crippen LogP contribution in [0.2, 0.25) is 5.02 Å². The van der Waals surface area contributed by atoms with Crippen LogP contribution in [0.5, 0.6) is 11.5 Å². The molecule has 0 aliphatic carbocycles. The first kappa shape index (κ1) is 24.1. The highest BCUT2D eigenvalue weighted by Gasteiger charge is 2.30. The van der Waals surface area contributed by atoms with Crippen molar-refractivity contribution in [3.05, 3.63) is 94.5 Å². The molecule has 3 aromatic rings. The average molecular weight is 480 g/mol. The molecule has 1 N–H and O–H groups in total. The minimum absolute atomic E-state index is 0.0330. The van der Waals surface area contributed by atoms with Gasteiger partial charge in [0.15, 0.2) is 11.5 Å². The van der Waals surface area contributed by atoms with Crippen molar-refractivity contribution < 1.29 is 19.4 Å². The van der Waals surface area contributed by atoms with Crippen LogP contribution in [0.4, 0.5) is 0 Å². The molecule has 1 heterocycles. The Morgan fingerprint density at radius 1 is 0.971 bits per heavy atom. The number of aliphatic carboxylic acids is 1. The van der Waals surface area contributed by atoms with Gasteiger partial charge in [-0.05, 0) is 73.8 Å². The lowest BCUT2D eigenvalue weighted by atomic mass is 9.91. The molecule has 4 rings (SSSR count). The van der Waals surface area contributed by atoms with Crippen molar-refractivity contribution in [2.75, 3.05) is 19.7 Å². The summed E-state index contributed by atoms with van der Waals surface area (Å²) in [7, 11) is 0. The second-order valence-corrected chi connectivity index (χ2v) is 8.95. The van der Waals surface area contributed by atoms with Crippen molar-refractivity contribution in [3.63, 3.8) is 0 Å². The zero-order valence-electron chi connectivity index (χ0n) is 19.3. The number of hydrogen-bond acceptors (Lipinski definition) is 4. The molecule has 1 atom stereocenters. The SMILES string of the molecule is CCOc1cc(C(c2ccc(Cl)cc2)N2CCC(C(=O)O)CC2)ccc1OCc1ccccc1. The quantitative estimate of drug-likeness (QED) is 0.395. The van der Waals surface area contributed by atoms with Gasteiger partial charge in [0, 0.05) is 5.02 Å². The number of likely N-dealkylation sites (tertiary alicyclic amines) is 1. The first-order chi connectivity index (χ1) is 16.5. The molecule has 0 radical (unpaired) electrons. The van der Waals surface area contributed by atoms with E-state index in [2.05, 4.69) is 11.0 Å². The summed E-state index contributed by atoms with van der Waals surface area (Å²) in [5, 5.41) is 10.1. The highest BCUT2D eigenvalue weighted by molar-refractivity contribution is 6.30. The van der Waals surface area contributed by atoms with Crippen LogP contribution in [0.1, 0.15) is 42.5 Å². The molecule has 0 amide bonds. The highest BCUT2D eigenvalue weighted by Crippen LogP contribution is 2.38. The van der Waals surface area contributed by atoms with Crippen molar-refractivity contribution in [3.8, 4) is 11.5 Å². The number of nitrogens with zero attached hydrogens (tertiary/aromatic N) is 1. The Hall–Kier alpha value is -3.02. The van der Waals surface area contributed by atoms with Gasteiger partial charge in [0.2, 0.25) is 0 Å². The molecular weight excluding hydrogens is 450 g/mol. The standard InChI is InChI=1S/C28H30ClNO4/c1-2-33-26-18-23(10-13-25(26)34-19-20-6-4-3-5-7-20)27(21-8-11-24(29)12-9-21)30-16-14-22(15-17-30)28(31)32/h3-13,18,22,27H,2,14-17,19H2,1H3,(H,31,32). The number of rotatable bonds is 9. The zero-order chi connectivity index (χ0) is 23.9. The molecule has 178 valence electrons. The molecule has 0 aromatic heterocycles. The molecule has 5 nitrogen and oxygen atoms in total. The van der Waals surface area contributed by atoms with Crippen LogP contribution in [-0.4, -0.2) is 35.7 Å². The third-order valence-corrected chi connectivity index (χ3v) is 6.50. The van der Waals surface area contributed by atoms with Gasteiger partial charge in [0.1, 0.15) is 6.61 Å². The average Bonchev–Trinajstić information content (AvgIpc) is 2.86. The first-order valence-corrected chi connectivity index (χ1v) is 12.1. The molecule has 1 saturated heterocycles. The maximum absolute atomic E-state index is 11.5. The topological polar surface area (TPSA) is 59.0 Å². The lowest BCUT2D eigenvalue weighted by Crippen LogP contribution is -2.39. The Balaban J connectivity index is 1.62. The molecule has 0 spiro atoms. The van der Waals surface area contributed by atoms with Crippen LogP contribution < -0.4 is 9.47 Å². The number of carboxylic acids is 1. The Morgan fingerprint density at radius 3 is 2.29 bits per heavy atom. The Morgan fingerprint density at radius 2 is 1.65 bits per heavy atom. The van der Waals surface area contributed by atoms with Gasteiger partial charge < -0.3 is 14.6 Å². The van der Waals surface area contributed by atoms with E-state index in [1.54, 1.807) is 0 Å². The molecule has 1 aliphatic heterocycles. The summed E-state index contributed by atoms with van der Waals surface area (Å²) in [6.45, 7) is 4.37. The van der Waals surface area contributed by atoms with Gasteiger partial charge in [0.05, 0.1) is 18.6 Å². The van der Waals surface area contributed by atoms with Gasteiger partial charge in [-0.2, -0.15) is 0 Å². The van der Waals surface area contributed by atoms with Crippen molar-refractivity contribution in [1.82, 2.24) is 4.90 Å². The number of piperidine rings is 1. The van der Waals surface area contributed by atoms with Crippen molar-refractivity contribution in [1.29, 1.82) is 0 Å². The van der Waals surface area contributed by atoms with Gasteiger partial charge in [-0.1, -0.05) is 60.1 Å². The molecule has 34 heavy (non-hydrogen) atoms. The lowest BCUT2D eigenvalue weighted by molar-refractivity contribution is -0.143. The van der Waals surface area contributed by atoms with Crippen molar-refractivity contribution in [2.45, 2.75) is 32.4 Å². The first-order valence-electron chi connectivity index (χ1n) is 11.7. The number of carboxylic acid groups (broad SMARTS) is 1. The summed E-state index contributed by atoms with van der Waals surface area (Å²) in [5.41, 5.74) is 3.28. The van der Waals surface area contributed by atoms with Gasteiger partial charge >= 0.3 is 5.97 Å². The van der Waals surface area contributed by atoms with E-state index in [4.69, 9.17) is 21.1 Å². The van der Waals surface area contributed by atoms with Crippen LogP contribution in [0.25, 0.3) is 0 Å². The van der Waals surface area contributed by atoms with Crippen LogP contribution in [0, 0.1) is 5.92 Å². The molecule has 1 fully saturated rings. The Labute approximate surface area is 205 Å². The predicted molar refractivity (Wildman–Crippen MR) is 134 cm³/mol. The van der Waals surface area contributed by atoms with Crippen molar-refractivity contribution in [2.24, 2.45) is 5.92 Å². The fraction of sp³-hybridized carbons (Fsp3) is 0.321. The third-order valence-electron chi connectivity index (χ3n) is 6.25. The molecule has 1 unspecified atom stereocenters. The predicted octanol–water partition coefficient (Wildman–Crippen LogP) is 6.20. The molecule has 1 aliphatic rings. The lowest BCUT2D eigenvalue weighted by Gasteiger charge is -2.37. The van der Waals surface area contributed by atoms with Crippen LogP contribution in [0.3, 0.4) is 0 Å². The zero-order valence-corrected chi connectivity index (χ0v) is 20.1. The van der Waals surface area contributed by atoms with Crippen LogP contribution in [0.15, 0.2) is 72.8 Å². The maximum atomic E-state index is 11.5. The van der Waals surface area contributed by atoms with Crippen LogP contribution >= 0.6 is 11.6 Å². The second kappa shape index (κ2) is 11.4. The number of hydrogen-bond donors (Lipinski definition) is 1. The second-order valence-electron chi connectivity index (χ2n) is 8.52. The fourth-order valence-electron chi connectivity index (χ4n) is 4.48. The fourth-order valence-corrected chi connectivity index (χ4v) is 4.61. The van der Waals surface area contributed by atoms with E-state index in [1.807, 2.05) is 73.7 Å². The van der Waals surface area contributed by atoms with Gasteiger partial charge in [-0.3, -0.25) is 9.69 Å². The van der Waals surface area contributed by atoms with E-state index in [0.717, 1.165) is 16.7 Å². The van der Waals surface area contributed by atoms with E-state index in [-0.39, 0.29) is 12.0 Å². The number of ether oxygens (including phenoxy) is 2. The van der Waals surface area contributed by atoms with E-state index in [1.165, 1.54) is 0 Å². The molecule has 0 saturated carbocycles. The monoisotopic (exact) mass is 479 g/mol. The van der Waals surface area contributed by atoms with E-state index in [0.29, 0.717) is 55.7 Å². The number of carbonyl (C=O) groups is 1. The van der Waals surface area contributed by atoms with E-state index < -0.39 is 5.97 Å². The van der Waals surface area contributed by atoms with Gasteiger partial charge in [-0.25, -0.2) is 0 Å². The number of benzene rings is 3.